The molecule has 0 saturated carbocycles. The Hall–Kier alpha value is -2.34. The molecule has 1 fully saturated rings. The molecule has 4 N–H and O–H groups in total. The van der Waals surface area contributed by atoms with E-state index in [1.54, 1.807) is 12.2 Å². The third-order valence-corrected chi connectivity index (χ3v) is 5.06. The van der Waals surface area contributed by atoms with E-state index in [-0.39, 0.29) is 5.91 Å². The molecule has 0 aromatic carbocycles. The maximum absolute atomic E-state index is 12.0. The molecular formula is C21H34N4O2. The second-order valence-electron chi connectivity index (χ2n) is 7.15. The number of allylic oxidation sites excluding steroid dienone is 3. The first-order valence-electron chi connectivity index (χ1n) is 9.52. The van der Waals surface area contributed by atoms with Gasteiger partial charge < -0.3 is 21.1 Å². The zero-order chi connectivity index (χ0) is 20.1. The number of aliphatic imine (C=N–C) groups is 1. The first-order chi connectivity index (χ1) is 12.9. The minimum atomic E-state index is -0.186. The zero-order valence-electron chi connectivity index (χ0n) is 16.7. The smallest absolute Gasteiger partial charge is 0.252 e. The van der Waals surface area contributed by atoms with Gasteiger partial charge in [0.1, 0.15) is 5.76 Å². The summed E-state index contributed by atoms with van der Waals surface area (Å²) < 4.78 is 0. The molecule has 1 heterocycles. The van der Waals surface area contributed by atoms with Gasteiger partial charge in [-0.2, -0.15) is 0 Å². The number of hydrogen-bond donors (Lipinski definition) is 3. The van der Waals surface area contributed by atoms with Crippen LogP contribution in [0.3, 0.4) is 0 Å². The van der Waals surface area contributed by atoms with Gasteiger partial charge in [0.05, 0.1) is 11.9 Å². The van der Waals surface area contributed by atoms with Gasteiger partial charge in [0.25, 0.3) is 5.91 Å². The highest BCUT2D eigenvalue weighted by atomic mass is 16.3. The van der Waals surface area contributed by atoms with Crippen LogP contribution in [0.5, 0.6) is 0 Å². The number of nitrogens with two attached hydrogens (primary N) is 1. The minimum Gasteiger partial charge on any atom is -0.508 e. The van der Waals surface area contributed by atoms with Gasteiger partial charge in [-0.1, -0.05) is 25.7 Å². The van der Waals surface area contributed by atoms with Crippen LogP contribution in [0.2, 0.25) is 0 Å². The molecule has 0 spiro atoms. The molecule has 0 unspecified atom stereocenters. The van der Waals surface area contributed by atoms with Crippen LogP contribution < -0.4 is 11.1 Å². The normalized spacial score (nSPS) is 18.9. The average molecular weight is 375 g/mol. The number of nitrogens with one attached hydrogen (secondary N) is 1. The predicted octanol–water partition coefficient (Wildman–Crippen LogP) is 3.06. The second kappa shape index (κ2) is 12.1. The fourth-order valence-corrected chi connectivity index (χ4v) is 3.06. The van der Waals surface area contributed by atoms with Crippen LogP contribution in [0.25, 0.3) is 0 Å². The maximum Gasteiger partial charge on any atom is 0.252 e. The summed E-state index contributed by atoms with van der Waals surface area (Å²) in [5.74, 6) is 0.134. The van der Waals surface area contributed by atoms with Gasteiger partial charge in [-0.3, -0.25) is 4.79 Å². The number of carbonyl (C=O) groups is 1. The highest BCUT2D eigenvalue weighted by molar-refractivity contribution is 5.96. The van der Waals surface area contributed by atoms with Crippen molar-refractivity contribution in [3.8, 4) is 0 Å². The number of hydrogen-bond acceptors (Lipinski definition) is 4. The standard InChI is InChI=1S/C21H34N4O2/c1-4-18(16-23-17-22)20(27)24-12-15-25-13-10-21(3,11-14-25)9-7-6-8-19(26)5-2/h4-6,8,16-17,26H,1,7,9-15H2,2-3H3,(H2,22,23)(H,24,27)/b8-6-,18-16+,19-5+. The highest BCUT2D eigenvalue weighted by Gasteiger charge is 2.29. The molecule has 0 bridgehead atoms. The first kappa shape index (κ1) is 22.7. The first-order valence-corrected chi connectivity index (χ1v) is 9.52. The summed E-state index contributed by atoms with van der Waals surface area (Å²) in [6, 6.07) is 0. The number of likely N-dealkylation sites (tertiary alicyclic amines) is 1. The number of aliphatic hydroxyl groups excluding tert-OH is 1. The minimum absolute atomic E-state index is 0.186. The molecule has 0 aromatic heterocycles. The topological polar surface area (TPSA) is 90.9 Å². The van der Waals surface area contributed by atoms with E-state index in [0.29, 0.717) is 23.3 Å². The molecule has 1 rings (SSSR count). The van der Waals surface area contributed by atoms with Crippen molar-refractivity contribution in [2.24, 2.45) is 16.1 Å². The molecular weight excluding hydrogens is 340 g/mol. The van der Waals surface area contributed by atoms with Gasteiger partial charge in [0, 0.05) is 19.3 Å². The summed E-state index contributed by atoms with van der Waals surface area (Å²) in [6.45, 7) is 11.3. The number of carbonyl (C=O) groups excluding carboxylic acids is 1. The van der Waals surface area contributed by atoms with Gasteiger partial charge >= 0.3 is 0 Å². The van der Waals surface area contributed by atoms with Crippen LogP contribution in [-0.2, 0) is 4.79 Å². The Morgan fingerprint density at radius 1 is 1.41 bits per heavy atom. The van der Waals surface area contributed by atoms with E-state index in [1.807, 2.05) is 13.0 Å². The Morgan fingerprint density at radius 3 is 2.70 bits per heavy atom. The van der Waals surface area contributed by atoms with Gasteiger partial charge in [-0.25, -0.2) is 4.99 Å². The van der Waals surface area contributed by atoms with Crippen molar-refractivity contribution in [1.29, 1.82) is 0 Å². The third kappa shape index (κ3) is 8.73. The summed E-state index contributed by atoms with van der Waals surface area (Å²) in [5.41, 5.74) is 5.93. The molecule has 150 valence electrons. The summed E-state index contributed by atoms with van der Waals surface area (Å²) >= 11 is 0. The molecule has 6 nitrogen and oxygen atoms in total. The predicted molar refractivity (Wildman–Crippen MR) is 113 cm³/mol. The van der Waals surface area contributed by atoms with Crippen molar-refractivity contribution >= 4 is 12.2 Å². The van der Waals surface area contributed by atoms with Crippen LogP contribution >= 0.6 is 0 Å². The molecule has 1 amide bonds. The van der Waals surface area contributed by atoms with Gasteiger partial charge in [0.15, 0.2) is 0 Å². The monoisotopic (exact) mass is 374 g/mol. The van der Waals surface area contributed by atoms with Crippen LogP contribution in [0.4, 0.5) is 0 Å². The largest absolute Gasteiger partial charge is 0.508 e. The lowest BCUT2D eigenvalue weighted by atomic mass is 9.76. The van der Waals surface area contributed by atoms with Crippen LogP contribution in [0.15, 0.2) is 53.4 Å². The Kier molecular flexibility index (Phi) is 10.2. The van der Waals surface area contributed by atoms with Crippen molar-refractivity contribution in [2.75, 3.05) is 26.2 Å². The van der Waals surface area contributed by atoms with E-state index < -0.39 is 0 Å². The highest BCUT2D eigenvalue weighted by Crippen LogP contribution is 2.35. The number of rotatable bonds is 10. The van der Waals surface area contributed by atoms with Crippen molar-refractivity contribution in [1.82, 2.24) is 10.2 Å². The molecule has 1 aliphatic heterocycles. The number of nitrogens with zero attached hydrogens (tertiary/aromatic N) is 2. The molecule has 0 radical (unpaired) electrons. The number of aliphatic hydroxyl groups is 1. The maximum atomic E-state index is 12.0. The van der Waals surface area contributed by atoms with E-state index >= 15 is 0 Å². The molecule has 27 heavy (non-hydrogen) atoms. The Labute approximate surface area is 163 Å². The van der Waals surface area contributed by atoms with Gasteiger partial charge in [0.2, 0.25) is 0 Å². The van der Waals surface area contributed by atoms with Crippen molar-refractivity contribution in [3.05, 3.63) is 48.4 Å². The van der Waals surface area contributed by atoms with Crippen LogP contribution in [-0.4, -0.2) is 48.4 Å². The lowest BCUT2D eigenvalue weighted by molar-refractivity contribution is -0.117. The lowest BCUT2D eigenvalue weighted by Gasteiger charge is -2.39. The van der Waals surface area contributed by atoms with E-state index in [2.05, 4.69) is 28.7 Å². The molecule has 6 heteroatoms. The molecule has 0 aliphatic carbocycles. The molecule has 0 atom stereocenters. The average Bonchev–Trinajstić information content (AvgIpc) is 2.67. The van der Waals surface area contributed by atoms with E-state index in [4.69, 9.17) is 5.73 Å². The summed E-state index contributed by atoms with van der Waals surface area (Å²) in [4.78, 5) is 18.2. The van der Waals surface area contributed by atoms with E-state index in [1.165, 1.54) is 12.3 Å². The molecule has 1 saturated heterocycles. The summed E-state index contributed by atoms with van der Waals surface area (Å²) in [5, 5.41) is 12.3. The van der Waals surface area contributed by atoms with E-state index in [0.717, 1.165) is 51.7 Å². The van der Waals surface area contributed by atoms with Crippen LogP contribution in [0, 0.1) is 5.41 Å². The Balaban J connectivity index is 2.31. The SMILES string of the molecule is C=C/C(=C\N=CN)C(=O)NCCN1CCC(C)(CC/C=C\C(O)=C/C)CC1. The molecule has 1 aliphatic rings. The van der Waals surface area contributed by atoms with Crippen molar-refractivity contribution in [3.63, 3.8) is 0 Å². The Bertz CT molecular complexity index is 597. The fraction of sp³-hybridized carbons (Fsp3) is 0.524. The van der Waals surface area contributed by atoms with Gasteiger partial charge in [-0.15, -0.1) is 0 Å². The Morgan fingerprint density at radius 2 is 2.11 bits per heavy atom. The van der Waals surface area contributed by atoms with E-state index in [9.17, 15) is 9.90 Å². The lowest BCUT2D eigenvalue weighted by Crippen LogP contribution is -2.42. The zero-order valence-corrected chi connectivity index (χ0v) is 16.7. The fourth-order valence-electron chi connectivity index (χ4n) is 3.06. The second-order valence-corrected chi connectivity index (χ2v) is 7.15. The quantitative estimate of drug-likeness (QED) is 0.180. The third-order valence-electron chi connectivity index (χ3n) is 5.06. The molecule has 0 aromatic rings. The van der Waals surface area contributed by atoms with Crippen molar-refractivity contribution < 1.29 is 9.90 Å². The number of amides is 1. The summed E-state index contributed by atoms with van der Waals surface area (Å²) in [6.07, 6.45) is 13.9. The number of piperidine rings is 1. The van der Waals surface area contributed by atoms with Crippen LogP contribution in [0.1, 0.15) is 39.5 Å². The van der Waals surface area contributed by atoms with Gasteiger partial charge in [-0.05, 0) is 63.3 Å². The summed E-state index contributed by atoms with van der Waals surface area (Å²) in [7, 11) is 0. The van der Waals surface area contributed by atoms with Crippen molar-refractivity contribution in [2.45, 2.75) is 39.5 Å².